The Morgan fingerprint density at radius 3 is 2.27 bits per heavy atom. The molecule has 0 saturated heterocycles. The van der Waals surface area contributed by atoms with E-state index in [0.717, 1.165) is 39.6 Å². The SMILES string of the molecule is COc1ccc(Cn2c(C)c(CNCc3cccc(OC)c3)c(C(=O)O)c2C)cc1. The number of aromatic nitrogens is 1. The molecule has 30 heavy (non-hydrogen) atoms. The van der Waals surface area contributed by atoms with E-state index in [1.54, 1.807) is 14.2 Å². The van der Waals surface area contributed by atoms with Gasteiger partial charge in [0.15, 0.2) is 0 Å². The summed E-state index contributed by atoms with van der Waals surface area (Å²) in [5, 5.41) is 13.2. The second kappa shape index (κ2) is 9.50. The van der Waals surface area contributed by atoms with Crippen molar-refractivity contribution < 1.29 is 19.4 Å². The minimum atomic E-state index is -0.901. The largest absolute Gasteiger partial charge is 0.497 e. The van der Waals surface area contributed by atoms with Crippen molar-refractivity contribution in [3.05, 3.63) is 82.2 Å². The van der Waals surface area contributed by atoms with E-state index < -0.39 is 5.97 Å². The molecule has 0 spiro atoms. The van der Waals surface area contributed by atoms with Gasteiger partial charge in [-0.05, 0) is 49.2 Å². The lowest BCUT2D eigenvalue weighted by molar-refractivity contribution is 0.0694. The van der Waals surface area contributed by atoms with Gasteiger partial charge in [0, 0.05) is 36.6 Å². The fourth-order valence-corrected chi connectivity index (χ4v) is 3.71. The third-order valence-corrected chi connectivity index (χ3v) is 5.39. The highest BCUT2D eigenvalue weighted by Crippen LogP contribution is 2.25. The molecule has 0 amide bonds. The van der Waals surface area contributed by atoms with Gasteiger partial charge in [0.2, 0.25) is 0 Å². The Bertz CT molecular complexity index is 1020. The fourth-order valence-electron chi connectivity index (χ4n) is 3.71. The van der Waals surface area contributed by atoms with Crippen molar-refractivity contribution in [2.75, 3.05) is 14.2 Å². The average Bonchev–Trinajstić information content (AvgIpc) is 2.99. The predicted molar refractivity (Wildman–Crippen MR) is 116 cm³/mol. The summed E-state index contributed by atoms with van der Waals surface area (Å²) in [5.74, 6) is 0.703. The number of hydrogen-bond acceptors (Lipinski definition) is 4. The summed E-state index contributed by atoms with van der Waals surface area (Å²) in [6, 6.07) is 15.7. The first-order valence-electron chi connectivity index (χ1n) is 9.83. The third kappa shape index (κ3) is 4.66. The lowest BCUT2D eigenvalue weighted by atomic mass is 10.1. The van der Waals surface area contributed by atoms with Crippen LogP contribution in [-0.2, 0) is 19.6 Å². The van der Waals surface area contributed by atoms with Crippen molar-refractivity contribution in [1.29, 1.82) is 0 Å². The predicted octanol–water partition coefficient (Wildman–Crippen LogP) is 4.16. The van der Waals surface area contributed by atoms with Gasteiger partial charge in [-0.3, -0.25) is 0 Å². The monoisotopic (exact) mass is 408 g/mol. The van der Waals surface area contributed by atoms with Crippen LogP contribution in [0.3, 0.4) is 0 Å². The summed E-state index contributed by atoms with van der Waals surface area (Å²) in [6.45, 7) is 5.55. The van der Waals surface area contributed by atoms with Crippen LogP contribution in [0.4, 0.5) is 0 Å². The molecule has 0 aliphatic heterocycles. The van der Waals surface area contributed by atoms with E-state index in [1.165, 1.54) is 0 Å². The second-order valence-electron chi connectivity index (χ2n) is 7.22. The smallest absolute Gasteiger partial charge is 0.337 e. The van der Waals surface area contributed by atoms with Gasteiger partial charge >= 0.3 is 5.97 Å². The summed E-state index contributed by atoms with van der Waals surface area (Å²) in [6.07, 6.45) is 0. The van der Waals surface area contributed by atoms with Crippen LogP contribution in [0.2, 0.25) is 0 Å². The summed E-state index contributed by atoms with van der Waals surface area (Å²) in [7, 11) is 3.28. The molecule has 0 saturated carbocycles. The van der Waals surface area contributed by atoms with Gasteiger partial charge in [-0.25, -0.2) is 4.79 Å². The van der Waals surface area contributed by atoms with E-state index in [2.05, 4.69) is 9.88 Å². The highest BCUT2D eigenvalue weighted by molar-refractivity contribution is 5.91. The number of benzene rings is 2. The molecule has 0 unspecified atom stereocenters. The van der Waals surface area contributed by atoms with Gasteiger partial charge in [0.1, 0.15) is 11.5 Å². The Hall–Kier alpha value is -3.25. The highest BCUT2D eigenvalue weighted by Gasteiger charge is 2.22. The normalized spacial score (nSPS) is 10.8. The Morgan fingerprint density at radius 1 is 0.933 bits per heavy atom. The Labute approximate surface area is 177 Å². The van der Waals surface area contributed by atoms with Gasteiger partial charge in [-0.1, -0.05) is 24.3 Å². The number of carbonyl (C=O) groups is 1. The minimum Gasteiger partial charge on any atom is -0.497 e. The number of nitrogens with one attached hydrogen (secondary N) is 1. The lowest BCUT2D eigenvalue weighted by Crippen LogP contribution is -2.15. The second-order valence-corrected chi connectivity index (χ2v) is 7.22. The maximum Gasteiger partial charge on any atom is 0.337 e. The van der Waals surface area contributed by atoms with Crippen molar-refractivity contribution >= 4 is 5.97 Å². The van der Waals surface area contributed by atoms with Gasteiger partial charge in [-0.15, -0.1) is 0 Å². The molecule has 0 bridgehead atoms. The van der Waals surface area contributed by atoms with E-state index in [0.29, 0.717) is 25.2 Å². The summed E-state index contributed by atoms with van der Waals surface area (Å²) < 4.78 is 12.5. The van der Waals surface area contributed by atoms with E-state index in [9.17, 15) is 9.90 Å². The molecule has 0 atom stereocenters. The summed E-state index contributed by atoms with van der Waals surface area (Å²) in [5.41, 5.74) is 5.08. The van der Waals surface area contributed by atoms with E-state index in [4.69, 9.17) is 9.47 Å². The van der Waals surface area contributed by atoms with Crippen molar-refractivity contribution in [3.8, 4) is 11.5 Å². The molecule has 0 radical (unpaired) electrons. The first-order chi connectivity index (χ1) is 14.4. The van der Waals surface area contributed by atoms with Crippen LogP contribution < -0.4 is 14.8 Å². The quantitative estimate of drug-likeness (QED) is 0.556. The molecule has 0 aliphatic carbocycles. The minimum absolute atomic E-state index is 0.374. The Morgan fingerprint density at radius 2 is 1.63 bits per heavy atom. The Kier molecular flexibility index (Phi) is 6.79. The molecular formula is C24H28N2O4. The maximum atomic E-state index is 12.0. The van der Waals surface area contributed by atoms with Gasteiger partial charge in [0.25, 0.3) is 0 Å². The first-order valence-corrected chi connectivity index (χ1v) is 9.83. The number of aromatic carboxylic acids is 1. The number of rotatable bonds is 9. The molecule has 158 valence electrons. The summed E-state index contributed by atoms with van der Waals surface area (Å²) in [4.78, 5) is 12.0. The first kappa shape index (κ1) is 21.5. The van der Waals surface area contributed by atoms with E-state index in [1.807, 2.05) is 62.4 Å². The van der Waals surface area contributed by atoms with Crippen LogP contribution in [-0.4, -0.2) is 29.9 Å². The number of nitrogens with zero attached hydrogens (tertiary/aromatic N) is 1. The van der Waals surface area contributed by atoms with Crippen LogP contribution in [0.25, 0.3) is 0 Å². The number of methoxy groups -OCH3 is 2. The zero-order valence-corrected chi connectivity index (χ0v) is 17.9. The molecule has 0 fully saturated rings. The zero-order chi connectivity index (χ0) is 21.7. The van der Waals surface area contributed by atoms with Crippen molar-refractivity contribution in [2.45, 2.75) is 33.5 Å². The molecule has 2 N–H and O–H groups in total. The van der Waals surface area contributed by atoms with Gasteiger partial charge < -0.3 is 24.5 Å². The van der Waals surface area contributed by atoms with Crippen molar-refractivity contribution in [2.24, 2.45) is 0 Å². The molecule has 2 aromatic carbocycles. The molecular weight excluding hydrogens is 380 g/mol. The molecule has 1 heterocycles. The van der Waals surface area contributed by atoms with E-state index in [-0.39, 0.29) is 0 Å². The van der Waals surface area contributed by atoms with Crippen molar-refractivity contribution in [3.63, 3.8) is 0 Å². The average molecular weight is 408 g/mol. The molecule has 3 rings (SSSR count). The highest BCUT2D eigenvalue weighted by atomic mass is 16.5. The van der Waals surface area contributed by atoms with Crippen molar-refractivity contribution in [1.82, 2.24) is 9.88 Å². The Balaban J connectivity index is 1.80. The number of carboxylic acid groups (broad SMARTS) is 1. The number of hydrogen-bond donors (Lipinski definition) is 2. The molecule has 0 aliphatic rings. The number of carboxylic acids is 1. The number of ether oxygens (including phenoxy) is 2. The van der Waals surface area contributed by atoms with Crippen LogP contribution in [0.1, 0.15) is 38.4 Å². The van der Waals surface area contributed by atoms with Gasteiger partial charge in [-0.2, -0.15) is 0 Å². The maximum absolute atomic E-state index is 12.0. The summed E-state index contributed by atoms with van der Waals surface area (Å²) >= 11 is 0. The van der Waals surface area contributed by atoms with Crippen LogP contribution in [0.5, 0.6) is 11.5 Å². The topological polar surface area (TPSA) is 72.7 Å². The van der Waals surface area contributed by atoms with Crippen LogP contribution >= 0.6 is 0 Å². The van der Waals surface area contributed by atoms with E-state index >= 15 is 0 Å². The van der Waals surface area contributed by atoms with Crippen LogP contribution in [0, 0.1) is 13.8 Å². The lowest BCUT2D eigenvalue weighted by Gasteiger charge is -2.11. The third-order valence-electron chi connectivity index (χ3n) is 5.39. The molecule has 3 aromatic rings. The van der Waals surface area contributed by atoms with Gasteiger partial charge in [0.05, 0.1) is 19.8 Å². The molecule has 1 aromatic heterocycles. The standard InChI is InChI=1S/C24H28N2O4/c1-16-22(14-25-13-19-6-5-7-21(12-19)30-4)23(24(27)28)17(2)26(16)15-18-8-10-20(29-3)11-9-18/h5-12,25H,13-15H2,1-4H3,(H,27,28). The molecule has 6 nitrogen and oxygen atoms in total. The zero-order valence-electron chi connectivity index (χ0n) is 17.9. The fraction of sp³-hybridized carbons (Fsp3) is 0.292. The van der Waals surface area contributed by atoms with Crippen LogP contribution in [0.15, 0.2) is 48.5 Å². The molecule has 6 heteroatoms.